The van der Waals surface area contributed by atoms with Gasteiger partial charge in [0.25, 0.3) is 0 Å². The van der Waals surface area contributed by atoms with Crippen LogP contribution in [0.4, 0.5) is 10.2 Å². The van der Waals surface area contributed by atoms with E-state index in [-0.39, 0.29) is 0 Å². The summed E-state index contributed by atoms with van der Waals surface area (Å²) in [6.07, 6.45) is 0.618. The fraction of sp³-hybridized carbons (Fsp3) is 0.308. The second-order valence-corrected chi connectivity index (χ2v) is 4.14. The average molecular weight is 249 g/mol. The summed E-state index contributed by atoms with van der Waals surface area (Å²) >= 11 is 0. The van der Waals surface area contributed by atoms with Crippen molar-refractivity contribution in [1.29, 1.82) is 0 Å². The number of anilines is 1. The zero-order valence-electron chi connectivity index (χ0n) is 10.6. The Morgan fingerprint density at radius 3 is 2.61 bits per heavy atom. The second-order valence-electron chi connectivity index (χ2n) is 4.14. The van der Waals surface area contributed by atoms with Gasteiger partial charge in [-0.15, -0.1) is 0 Å². The number of methoxy groups -OCH3 is 1. The van der Waals surface area contributed by atoms with Crippen LogP contribution >= 0.6 is 0 Å². The summed E-state index contributed by atoms with van der Waals surface area (Å²) < 4.78 is 20.2. The van der Waals surface area contributed by atoms with Crippen molar-refractivity contribution in [3.05, 3.63) is 30.0 Å². The van der Waals surface area contributed by atoms with Gasteiger partial charge in [0.1, 0.15) is 17.7 Å². The number of nitrogen functional groups attached to an aromatic ring is 1. The highest BCUT2D eigenvalue weighted by molar-refractivity contribution is 5.78. The minimum Gasteiger partial charge on any atom is -0.496 e. The van der Waals surface area contributed by atoms with E-state index >= 15 is 0 Å². The molecule has 4 nitrogen and oxygen atoms in total. The molecule has 5 heteroatoms. The van der Waals surface area contributed by atoms with Crippen LogP contribution in [-0.4, -0.2) is 16.9 Å². The van der Waals surface area contributed by atoms with Gasteiger partial charge >= 0.3 is 0 Å². The molecule has 1 aromatic heterocycles. The van der Waals surface area contributed by atoms with Crippen LogP contribution in [0.1, 0.15) is 18.7 Å². The van der Waals surface area contributed by atoms with Crippen molar-refractivity contribution >= 4 is 5.82 Å². The van der Waals surface area contributed by atoms with E-state index in [9.17, 15) is 4.39 Å². The van der Waals surface area contributed by atoms with Gasteiger partial charge in [0.2, 0.25) is 0 Å². The molecule has 96 valence electrons. The molecule has 0 amide bonds. The number of nitrogens with zero attached hydrogens (tertiary/aromatic N) is 2. The molecule has 0 spiro atoms. The maximum atomic E-state index is 13.4. The van der Waals surface area contributed by atoms with Crippen molar-refractivity contribution in [2.45, 2.75) is 13.1 Å². The number of rotatable bonds is 3. The van der Waals surface area contributed by atoms with Crippen molar-refractivity contribution in [3.63, 3.8) is 0 Å². The second kappa shape index (κ2) is 4.68. The van der Waals surface area contributed by atoms with Crippen LogP contribution in [0.3, 0.4) is 0 Å². The Morgan fingerprint density at radius 1 is 1.39 bits per heavy atom. The fourth-order valence-corrected chi connectivity index (χ4v) is 1.84. The predicted octanol–water partition coefficient (Wildman–Crippen LogP) is 2.71. The van der Waals surface area contributed by atoms with E-state index in [1.807, 2.05) is 0 Å². The van der Waals surface area contributed by atoms with Crippen molar-refractivity contribution in [2.75, 3.05) is 12.8 Å². The van der Waals surface area contributed by atoms with Gasteiger partial charge in [0, 0.05) is 18.2 Å². The number of hydrogen-bond donors (Lipinski definition) is 1. The Morgan fingerprint density at radius 2 is 2.11 bits per heavy atom. The molecular formula is C13H16FN3O. The molecule has 0 radical (unpaired) electrons. The SMILES string of the molecule is COc1ccc(C(C)F)cc1-c1cnn(C)c1N. The summed E-state index contributed by atoms with van der Waals surface area (Å²) in [5.41, 5.74) is 8.03. The first-order chi connectivity index (χ1) is 8.54. The van der Waals surface area contributed by atoms with Gasteiger partial charge in [-0.3, -0.25) is 4.68 Å². The highest BCUT2D eigenvalue weighted by Crippen LogP contribution is 2.35. The molecule has 1 aromatic carbocycles. The molecule has 0 aliphatic carbocycles. The molecule has 0 fully saturated rings. The smallest absolute Gasteiger partial charge is 0.129 e. The summed E-state index contributed by atoms with van der Waals surface area (Å²) in [7, 11) is 3.33. The predicted molar refractivity (Wildman–Crippen MR) is 69.1 cm³/mol. The lowest BCUT2D eigenvalue weighted by Gasteiger charge is -2.11. The Balaban J connectivity index is 2.60. The van der Waals surface area contributed by atoms with Gasteiger partial charge in [0.15, 0.2) is 0 Å². The largest absolute Gasteiger partial charge is 0.496 e. The molecule has 1 atom stereocenters. The Labute approximate surface area is 105 Å². The lowest BCUT2D eigenvalue weighted by molar-refractivity contribution is 0.373. The van der Waals surface area contributed by atoms with Crippen LogP contribution < -0.4 is 10.5 Å². The van der Waals surface area contributed by atoms with Crippen LogP contribution in [0.15, 0.2) is 24.4 Å². The molecule has 18 heavy (non-hydrogen) atoms. The molecule has 2 rings (SSSR count). The summed E-state index contributed by atoms with van der Waals surface area (Å²) in [5, 5.41) is 4.08. The van der Waals surface area contributed by atoms with E-state index < -0.39 is 6.17 Å². The van der Waals surface area contributed by atoms with Gasteiger partial charge in [0.05, 0.1) is 13.3 Å². The zero-order chi connectivity index (χ0) is 13.3. The molecule has 1 heterocycles. The quantitative estimate of drug-likeness (QED) is 0.910. The van der Waals surface area contributed by atoms with E-state index in [1.165, 1.54) is 6.92 Å². The van der Waals surface area contributed by atoms with E-state index in [4.69, 9.17) is 10.5 Å². The molecule has 0 saturated heterocycles. The topological polar surface area (TPSA) is 53.1 Å². The molecule has 0 saturated carbocycles. The number of aryl methyl sites for hydroxylation is 1. The highest BCUT2D eigenvalue weighted by atomic mass is 19.1. The average Bonchev–Trinajstić information content (AvgIpc) is 2.69. The summed E-state index contributed by atoms with van der Waals surface area (Å²) in [4.78, 5) is 0. The molecule has 1 unspecified atom stereocenters. The normalized spacial score (nSPS) is 12.4. The molecule has 2 aromatic rings. The van der Waals surface area contributed by atoms with E-state index in [0.29, 0.717) is 17.1 Å². The lowest BCUT2D eigenvalue weighted by atomic mass is 10.0. The van der Waals surface area contributed by atoms with E-state index in [0.717, 1.165) is 11.1 Å². The van der Waals surface area contributed by atoms with Crippen molar-refractivity contribution in [3.8, 4) is 16.9 Å². The number of alkyl halides is 1. The number of halogens is 1. The Hall–Kier alpha value is -2.04. The fourth-order valence-electron chi connectivity index (χ4n) is 1.84. The van der Waals surface area contributed by atoms with Crippen LogP contribution in [0, 0.1) is 0 Å². The molecule has 2 N–H and O–H groups in total. The number of hydrogen-bond acceptors (Lipinski definition) is 3. The molecular weight excluding hydrogens is 233 g/mol. The monoisotopic (exact) mass is 249 g/mol. The number of ether oxygens (including phenoxy) is 1. The van der Waals surface area contributed by atoms with Gasteiger partial charge in [-0.25, -0.2) is 4.39 Å². The van der Waals surface area contributed by atoms with Gasteiger partial charge in [-0.05, 0) is 24.6 Å². The Bertz CT molecular complexity index is 563. The van der Waals surface area contributed by atoms with E-state index in [2.05, 4.69) is 5.10 Å². The van der Waals surface area contributed by atoms with Gasteiger partial charge in [-0.1, -0.05) is 6.07 Å². The first kappa shape index (κ1) is 12.4. The summed E-state index contributed by atoms with van der Waals surface area (Å²) in [5.74, 6) is 1.18. The number of benzene rings is 1. The first-order valence-corrected chi connectivity index (χ1v) is 5.64. The minimum absolute atomic E-state index is 0.525. The molecule has 0 bridgehead atoms. The molecule has 0 aliphatic heterocycles. The summed E-state index contributed by atoms with van der Waals surface area (Å²) in [6, 6.07) is 5.20. The minimum atomic E-state index is -1.03. The van der Waals surface area contributed by atoms with E-state index in [1.54, 1.807) is 43.2 Å². The van der Waals surface area contributed by atoms with Crippen molar-refractivity contribution < 1.29 is 9.13 Å². The summed E-state index contributed by atoms with van der Waals surface area (Å²) in [6.45, 7) is 1.50. The van der Waals surface area contributed by atoms with Crippen molar-refractivity contribution in [2.24, 2.45) is 7.05 Å². The van der Waals surface area contributed by atoms with Crippen LogP contribution in [-0.2, 0) is 7.05 Å². The zero-order valence-corrected chi connectivity index (χ0v) is 10.6. The maximum absolute atomic E-state index is 13.4. The lowest BCUT2D eigenvalue weighted by Crippen LogP contribution is -1.99. The standard InChI is InChI=1S/C13H16FN3O/c1-8(14)9-4-5-12(18-3)10(6-9)11-7-16-17(2)13(11)15/h4-8H,15H2,1-3H3. The van der Waals surface area contributed by atoms with Gasteiger partial charge < -0.3 is 10.5 Å². The number of aromatic nitrogens is 2. The number of nitrogens with two attached hydrogens (primary N) is 1. The third-order valence-corrected chi connectivity index (χ3v) is 2.96. The third-order valence-electron chi connectivity index (χ3n) is 2.96. The Kier molecular flexibility index (Phi) is 3.23. The van der Waals surface area contributed by atoms with Crippen LogP contribution in [0.5, 0.6) is 5.75 Å². The maximum Gasteiger partial charge on any atom is 0.129 e. The van der Waals surface area contributed by atoms with Gasteiger partial charge in [-0.2, -0.15) is 5.10 Å². The third kappa shape index (κ3) is 2.03. The first-order valence-electron chi connectivity index (χ1n) is 5.64. The van der Waals surface area contributed by atoms with Crippen LogP contribution in [0.2, 0.25) is 0 Å². The molecule has 0 aliphatic rings. The van der Waals surface area contributed by atoms with Crippen molar-refractivity contribution in [1.82, 2.24) is 9.78 Å². The highest BCUT2D eigenvalue weighted by Gasteiger charge is 2.15. The van der Waals surface area contributed by atoms with Crippen LogP contribution in [0.25, 0.3) is 11.1 Å².